The number of hydrogen-bond donors (Lipinski definition) is 0. The first-order valence-electron chi connectivity index (χ1n) is 2.93. The van der Waals surface area contributed by atoms with Gasteiger partial charge in [-0.1, -0.05) is 11.6 Å². The Bertz CT molecular complexity index is 170. The largest absolute Gasteiger partial charge is 0.375 e. The van der Waals surface area contributed by atoms with E-state index in [1.54, 1.807) is 0 Å². The van der Waals surface area contributed by atoms with Gasteiger partial charge >= 0.3 is 0 Å². The summed E-state index contributed by atoms with van der Waals surface area (Å²) in [6.45, 7) is 2.89. The van der Waals surface area contributed by atoms with Crippen LogP contribution in [0.15, 0.2) is 22.9 Å². The third-order valence-electron chi connectivity index (χ3n) is 1.21. The molecule has 0 saturated carbocycles. The molecule has 1 nitrogen and oxygen atoms in total. The highest BCUT2D eigenvalue weighted by atomic mass is 35.5. The predicted octanol–water partition coefficient (Wildman–Crippen LogP) is 1.96. The molecule has 0 saturated heterocycles. The van der Waals surface area contributed by atoms with Crippen molar-refractivity contribution in [2.45, 2.75) is 6.92 Å². The average Bonchev–Trinajstić information content (AvgIpc) is 1.59. The minimum absolute atomic E-state index is 0.846. The number of nitrogens with zero attached hydrogens (tertiary/aromatic N) is 1. The average molecular weight is 144 g/mol. The minimum Gasteiger partial charge on any atom is -0.375 e. The monoisotopic (exact) mass is 143 g/mol. The van der Waals surface area contributed by atoms with Gasteiger partial charge in [-0.15, -0.1) is 0 Å². The summed E-state index contributed by atoms with van der Waals surface area (Å²) in [5, 5.41) is 0.914. The lowest BCUT2D eigenvalue weighted by atomic mass is 10.2. The maximum atomic E-state index is 5.78. The molecule has 0 radical (unpaired) electrons. The summed E-state index contributed by atoms with van der Waals surface area (Å²) >= 11 is 5.78. The van der Waals surface area contributed by atoms with Crippen molar-refractivity contribution in [3.05, 3.63) is 22.9 Å². The van der Waals surface area contributed by atoms with E-state index >= 15 is 0 Å². The van der Waals surface area contributed by atoms with E-state index < -0.39 is 0 Å². The first-order chi connectivity index (χ1) is 4.18. The minimum atomic E-state index is 0.846. The number of halogens is 1. The van der Waals surface area contributed by atoms with E-state index in [0.29, 0.717) is 0 Å². The van der Waals surface area contributed by atoms with Crippen molar-refractivity contribution in [1.82, 2.24) is 4.90 Å². The Morgan fingerprint density at radius 3 is 2.78 bits per heavy atom. The highest BCUT2D eigenvalue weighted by molar-refractivity contribution is 6.30. The molecule has 0 atom stereocenters. The summed E-state index contributed by atoms with van der Waals surface area (Å²) in [6.07, 6.45) is 4.06. The van der Waals surface area contributed by atoms with Crippen LogP contribution in [-0.4, -0.2) is 18.5 Å². The summed E-state index contributed by atoms with van der Waals surface area (Å²) in [7, 11) is 2.01. The van der Waals surface area contributed by atoms with Crippen LogP contribution >= 0.6 is 11.6 Å². The second-order valence-electron chi connectivity index (χ2n) is 2.38. The van der Waals surface area contributed by atoms with Gasteiger partial charge in [-0.25, -0.2) is 0 Å². The molecular weight excluding hydrogens is 134 g/mol. The van der Waals surface area contributed by atoms with Crippen molar-refractivity contribution in [2.24, 2.45) is 0 Å². The molecule has 1 heterocycles. The van der Waals surface area contributed by atoms with E-state index in [1.807, 2.05) is 20.0 Å². The van der Waals surface area contributed by atoms with Gasteiger partial charge in [0.1, 0.15) is 0 Å². The standard InChI is InChI=1S/C7H10ClN/c1-6-3-7(8)5-9(2)4-6/h3-4H,5H2,1-2H3. The topological polar surface area (TPSA) is 3.24 Å². The van der Waals surface area contributed by atoms with Gasteiger partial charge in [-0.2, -0.15) is 0 Å². The quantitative estimate of drug-likeness (QED) is 0.501. The van der Waals surface area contributed by atoms with E-state index in [9.17, 15) is 0 Å². The van der Waals surface area contributed by atoms with E-state index in [0.717, 1.165) is 11.6 Å². The molecular formula is C7H10ClN. The van der Waals surface area contributed by atoms with Crippen LogP contribution in [0.25, 0.3) is 0 Å². The first-order valence-corrected chi connectivity index (χ1v) is 3.31. The lowest BCUT2D eigenvalue weighted by Gasteiger charge is -2.18. The Balaban J connectivity index is 2.74. The summed E-state index contributed by atoms with van der Waals surface area (Å²) in [5.74, 6) is 0. The Hall–Kier alpha value is -0.430. The number of allylic oxidation sites excluding steroid dienone is 2. The molecule has 0 aromatic carbocycles. The zero-order valence-electron chi connectivity index (χ0n) is 5.69. The van der Waals surface area contributed by atoms with Gasteiger partial charge in [0.25, 0.3) is 0 Å². The maximum Gasteiger partial charge on any atom is 0.0528 e. The van der Waals surface area contributed by atoms with Gasteiger partial charge in [0.15, 0.2) is 0 Å². The molecule has 0 aromatic heterocycles. The number of likely N-dealkylation sites (N-methyl/N-ethyl adjacent to an activating group) is 1. The predicted molar refractivity (Wildman–Crippen MR) is 40.3 cm³/mol. The lowest BCUT2D eigenvalue weighted by molar-refractivity contribution is 0.495. The highest BCUT2D eigenvalue weighted by Gasteiger charge is 2.02. The van der Waals surface area contributed by atoms with Crippen LogP contribution in [0, 0.1) is 0 Å². The number of hydrogen-bond acceptors (Lipinski definition) is 1. The Morgan fingerprint density at radius 1 is 1.67 bits per heavy atom. The van der Waals surface area contributed by atoms with Crippen LogP contribution in [0.5, 0.6) is 0 Å². The molecule has 0 unspecified atom stereocenters. The molecule has 9 heavy (non-hydrogen) atoms. The van der Waals surface area contributed by atoms with Gasteiger partial charge in [0.2, 0.25) is 0 Å². The zero-order valence-corrected chi connectivity index (χ0v) is 6.44. The molecule has 1 aliphatic rings. The zero-order chi connectivity index (χ0) is 6.85. The number of rotatable bonds is 0. The molecule has 1 aliphatic heterocycles. The van der Waals surface area contributed by atoms with E-state index in [4.69, 9.17) is 11.6 Å². The molecule has 0 N–H and O–H groups in total. The SMILES string of the molecule is CC1=CN(C)CC(Cl)=C1. The van der Waals surface area contributed by atoms with Crippen LogP contribution in [0.1, 0.15) is 6.92 Å². The highest BCUT2D eigenvalue weighted by Crippen LogP contribution is 2.13. The van der Waals surface area contributed by atoms with E-state index in [-0.39, 0.29) is 0 Å². The fraction of sp³-hybridized carbons (Fsp3) is 0.429. The Labute approximate surface area is 60.6 Å². The molecule has 0 aliphatic carbocycles. The molecule has 0 fully saturated rings. The Kier molecular flexibility index (Phi) is 1.81. The fourth-order valence-electron chi connectivity index (χ4n) is 0.961. The van der Waals surface area contributed by atoms with Gasteiger partial charge in [-0.3, -0.25) is 0 Å². The van der Waals surface area contributed by atoms with Crippen molar-refractivity contribution in [1.29, 1.82) is 0 Å². The molecule has 0 aromatic rings. The maximum absolute atomic E-state index is 5.78. The van der Waals surface area contributed by atoms with E-state index in [2.05, 4.69) is 11.1 Å². The van der Waals surface area contributed by atoms with E-state index in [1.165, 1.54) is 5.57 Å². The van der Waals surface area contributed by atoms with Gasteiger partial charge in [0.05, 0.1) is 6.54 Å². The molecule has 0 bridgehead atoms. The van der Waals surface area contributed by atoms with Crippen LogP contribution < -0.4 is 0 Å². The molecule has 0 spiro atoms. The molecule has 2 heteroatoms. The van der Waals surface area contributed by atoms with Crippen LogP contribution in [0.4, 0.5) is 0 Å². The lowest BCUT2D eigenvalue weighted by Crippen LogP contribution is -2.15. The smallest absolute Gasteiger partial charge is 0.0528 e. The first kappa shape index (κ1) is 6.69. The van der Waals surface area contributed by atoms with Gasteiger partial charge < -0.3 is 4.90 Å². The van der Waals surface area contributed by atoms with Gasteiger partial charge in [-0.05, 0) is 18.6 Å². The van der Waals surface area contributed by atoms with Crippen LogP contribution in [0.3, 0.4) is 0 Å². The van der Waals surface area contributed by atoms with Crippen molar-refractivity contribution < 1.29 is 0 Å². The normalized spacial score (nSPS) is 19.2. The summed E-state index contributed by atoms with van der Waals surface area (Å²) in [4.78, 5) is 2.07. The Morgan fingerprint density at radius 2 is 2.33 bits per heavy atom. The summed E-state index contributed by atoms with van der Waals surface area (Å²) < 4.78 is 0. The van der Waals surface area contributed by atoms with Crippen LogP contribution in [-0.2, 0) is 0 Å². The van der Waals surface area contributed by atoms with Gasteiger partial charge in [0, 0.05) is 18.3 Å². The molecule has 0 amide bonds. The van der Waals surface area contributed by atoms with Crippen molar-refractivity contribution >= 4 is 11.6 Å². The second kappa shape index (κ2) is 2.44. The molecule has 1 rings (SSSR count). The molecule has 50 valence electrons. The van der Waals surface area contributed by atoms with Crippen molar-refractivity contribution in [3.63, 3.8) is 0 Å². The van der Waals surface area contributed by atoms with Crippen molar-refractivity contribution in [3.8, 4) is 0 Å². The van der Waals surface area contributed by atoms with Crippen molar-refractivity contribution in [2.75, 3.05) is 13.6 Å². The fourth-order valence-corrected chi connectivity index (χ4v) is 1.32. The third kappa shape index (κ3) is 1.75. The third-order valence-corrected chi connectivity index (χ3v) is 1.44. The van der Waals surface area contributed by atoms with Crippen LogP contribution in [0.2, 0.25) is 0 Å². The summed E-state index contributed by atoms with van der Waals surface area (Å²) in [6, 6.07) is 0. The summed E-state index contributed by atoms with van der Waals surface area (Å²) in [5.41, 5.74) is 1.22. The second-order valence-corrected chi connectivity index (χ2v) is 2.86.